The molecule has 0 spiro atoms. The number of ether oxygens (including phenoxy) is 1. The van der Waals surface area contributed by atoms with Gasteiger partial charge in [-0.3, -0.25) is 0 Å². The molecule has 2 aliphatic rings. The summed E-state index contributed by atoms with van der Waals surface area (Å²) in [7, 11) is 2.16. The zero-order valence-electron chi connectivity index (χ0n) is 14.2. The highest BCUT2D eigenvalue weighted by atomic mass is 127. The fourth-order valence-corrected chi connectivity index (χ4v) is 2.83. The summed E-state index contributed by atoms with van der Waals surface area (Å²) in [6.07, 6.45) is 1.86. The normalized spacial score (nSPS) is 20.0. The Hall–Kier alpha value is -1.13. The molecule has 0 aliphatic carbocycles. The van der Waals surface area contributed by atoms with Crippen LogP contribution in [0.4, 0.5) is 5.82 Å². The number of guanidine groups is 1. The molecule has 0 aromatic carbocycles. The quantitative estimate of drug-likeness (QED) is 0.417. The number of halogens is 1. The second-order valence-corrected chi connectivity index (χ2v) is 6.09. The van der Waals surface area contributed by atoms with Gasteiger partial charge in [0.25, 0.3) is 0 Å². The molecule has 2 aliphatic heterocycles. The average molecular weight is 446 g/mol. The number of anilines is 1. The lowest BCUT2D eigenvalue weighted by atomic mass is 10.2. The monoisotopic (exact) mass is 446 g/mol. The Bertz CT molecular complexity index is 541. The zero-order chi connectivity index (χ0) is 16.1. The number of aliphatic imine (C=N–C) groups is 1. The summed E-state index contributed by atoms with van der Waals surface area (Å²) < 4.78 is 5.33. The van der Waals surface area contributed by atoms with Gasteiger partial charge in [-0.2, -0.15) is 0 Å². The molecule has 0 amide bonds. The largest absolute Gasteiger partial charge is 0.378 e. The van der Waals surface area contributed by atoms with Crippen molar-refractivity contribution in [2.75, 3.05) is 64.4 Å². The van der Waals surface area contributed by atoms with E-state index in [9.17, 15) is 0 Å². The molecule has 8 heteroatoms. The molecule has 3 rings (SSSR count). The van der Waals surface area contributed by atoms with E-state index in [0.717, 1.165) is 63.9 Å². The third kappa shape index (κ3) is 5.18. The molecule has 2 saturated heterocycles. The molecule has 2 fully saturated rings. The summed E-state index contributed by atoms with van der Waals surface area (Å²) in [5.41, 5.74) is 7.22. The number of rotatable bonds is 3. The Morgan fingerprint density at radius 3 is 2.62 bits per heavy atom. The van der Waals surface area contributed by atoms with E-state index in [4.69, 9.17) is 10.5 Å². The molecule has 0 saturated carbocycles. The summed E-state index contributed by atoms with van der Waals surface area (Å²) >= 11 is 0. The summed E-state index contributed by atoms with van der Waals surface area (Å²) in [5.74, 6) is 1.64. The number of hydrogen-bond acceptors (Lipinski definition) is 5. The maximum Gasteiger partial charge on any atom is 0.191 e. The van der Waals surface area contributed by atoms with Crippen LogP contribution in [0.3, 0.4) is 0 Å². The molecule has 2 N–H and O–H groups in total. The van der Waals surface area contributed by atoms with E-state index in [-0.39, 0.29) is 24.0 Å². The molecule has 0 unspecified atom stereocenters. The Morgan fingerprint density at radius 2 is 1.92 bits per heavy atom. The van der Waals surface area contributed by atoms with Gasteiger partial charge in [0.05, 0.1) is 19.8 Å². The zero-order valence-corrected chi connectivity index (χ0v) is 16.6. The molecule has 1 aromatic rings. The molecule has 3 heterocycles. The Morgan fingerprint density at radius 1 is 1.21 bits per heavy atom. The first kappa shape index (κ1) is 19.2. The van der Waals surface area contributed by atoms with E-state index < -0.39 is 0 Å². The molecule has 7 nitrogen and oxygen atoms in total. The molecule has 134 valence electrons. The lowest BCUT2D eigenvalue weighted by Gasteiger charge is -2.33. The van der Waals surface area contributed by atoms with Crippen LogP contribution in [0.5, 0.6) is 0 Å². The van der Waals surface area contributed by atoms with Crippen molar-refractivity contribution in [2.45, 2.75) is 6.54 Å². The van der Waals surface area contributed by atoms with Gasteiger partial charge in [0.2, 0.25) is 0 Å². The van der Waals surface area contributed by atoms with Crippen molar-refractivity contribution < 1.29 is 4.74 Å². The minimum Gasteiger partial charge on any atom is -0.378 e. The SMILES string of the molecule is CN1CCN(c2cc(CN=C(N)N3CCOCC3)ccn2)CC1.I. The van der Waals surface area contributed by atoms with Crippen LogP contribution in [0.1, 0.15) is 5.56 Å². The predicted molar refractivity (Wildman–Crippen MR) is 107 cm³/mol. The van der Waals surface area contributed by atoms with Crippen LogP contribution in [0.15, 0.2) is 23.3 Å². The lowest BCUT2D eigenvalue weighted by molar-refractivity contribution is 0.0674. The molecular formula is C16H27IN6O. The van der Waals surface area contributed by atoms with Crippen LogP contribution in [0.2, 0.25) is 0 Å². The van der Waals surface area contributed by atoms with Crippen molar-refractivity contribution in [1.29, 1.82) is 0 Å². The number of morpholine rings is 1. The standard InChI is InChI=1S/C16H26N6O.HI/c1-20-4-6-21(7-5-20)15-12-14(2-3-18-15)13-19-16(17)22-8-10-23-11-9-22;/h2-3,12H,4-11,13H2,1H3,(H2,17,19);1H. The van der Waals surface area contributed by atoms with Crippen LogP contribution >= 0.6 is 24.0 Å². The van der Waals surface area contributed by atoms with Crippen molar-refractivity contribution in [1.82, 2.24) is 14.8 Å². The molecule has 0 atom stereocenters. The van der Waals surface area contributed by atoms with Crippen molar-refractivity contribution >= 4 is 35.8 Å². The first-order chi connectivity index (χ1) is 11.2. The van der Waals surface area contributed by atoms with Crippen molar-refractivity contribution in [3.63, 3.8) is 0 Å². The molecule has 0 radical (unpaired) electrons. The molecular weight excluding hydrogens is 419 g/mol. The van der Waals surface area contributed by atoms with Crippen LogP contribution in [0, 0.1) is 0 Å². The number of piperazine rings is 1. The second kappa shape index (κ2) is 9.38. The number of likely N-dealkylation sites (N-methyl/N-ethyl adjacent to an activating group) is 1. The van der Waals surface area contributed by atoms with Gasteiger partial charge < -0.3 is 25.2 Å². The van der Waals surface area contributed by atoms with Crippen molar-refractivity contribution in [3.05, 3.63) is 23.9 Å². The maximum absolute atomic E-state index is 6.08. The summed E-state index contributed by atoms with van der Waals surface area (Å²) in [5, 5.41) is 0. The minimum absolute atomic E-state index is 0. The highest BCUT2D eigenvalue weighted by molar-refractivity contribution is 14.0. The van der Waals surface area contributed by atoms with E-state index in [1.807, 2.05) is 12.3 Å². The Kier molecular flexibility index (Phi) is 7.50. The first-order valence-electron chi connectivity index (χ1n) is 8.23. The third-order valence-corrected chi connectivity index (χ3v) is 4.40. The van der Waals surface area contributed by atoms with E-state index in [1.54, 1.807) is 0 Å². The van der Waals surface area contributed by atoms with Crippen LogP contribution in [0.25, 0.3) is 0 Å². The van der Waals surface area contributed by atoms with Gasteiger partial charge in [-0.25, -0.2) is 9.98 Å². The van der Waals surface area contributed by atoms with Crippen molar-refractivity contribution in [3.8, 4) is 0 Å². The minimum atomic E-state index is 0. The fourth-order valence-electron chi connectivity index (χ4n) is 2.83. The molecule has 0 bridgehead atoms. The number of pyridine rings is 1. The number of aromatic nitrogens is 1. The number of hydrogen-bond donors (Lipinski definition) is 1. The Balaban J connectivity index is 0.00000208. The second-order valence-electron chi connectivity index (χ2n) is 6.09. The Labute approximate surface area is 160 Å². The van der Waals surface area contributed by atoms with Crippen molar-refractivity contribution in [2.24, 2.45) is 10.7 Å². The third-order valence-electron chi connectivity index (χ3n) is 4.40. The van der Waals surface area contributed by atoms with Gasteiger partial charge in [0.15, 0.2) is 5.96 Å². The van der Waals surface area contributed by atoms with Crippen LogP contribution in [-0.4, -0.2) is 80.3 Å². The smallest absolute Gasteiger partial charge is 0.191 e. The van der Waals surface area contributed by atoms with E-state index in [1.165, 1.54) is 0 Å². The maximum atomic E-state index is 6.08. The van der Waals surface area contributed by atoms with Crippen LogP contribution in [-0.2, 0) is 11.3 Å². The van der Waals surface area contributed by atoms with E-state index >= 15 is 0 Å². The van der Waals surface area contributed by atoms with Gasteiger partial charge in [0.1, 0.15) is 5.82 Å². The van der Waals surface area contributed by atoms with E-state index in [2.05, 4.69) is 37.8 Å². The van der Waals surface area contributed by atoms with Gasteiger partial charge in [-0.05, 0) is 24.7 Å². The van der Waals surface area contributed by atoms with Gasteiger partial charge in [-0.15, -0.1) is 24.0 Å². The van der Waals surface area contributed by atoms with Crippen LogP contribution < -0.4 is 10.6 Å². The average Bonchev–Trinajstić information content (AvgIpc) is 2.61. The first-order valence-corrected chi connectivity index (χ1v) is 8.23. The van der Waals surface area contributed by atoms with Gasteiger partial charge in [0, 0.05) is 45.5 Å². The topological polar surface area (TPSA) is 70.2 Å². The number of nitrogens with zero attached hydrogens (tertiary/aromatic N) is 5. The molecule has 1 aromatic heterocycles. The summed E-state index contributed by atoms with van der Waals surface area (Å²) in [6, 6.07) is 4.14. The summed E-state index contributed by atoms with van der Waals surface area (Å²) in [4.78, 5) is 15.8. The van der Waals surface area contributed by atoms with Gasteiger partial charge >= 0.3 is 0 Å². The highest BCUT2D eigenvalue weighted by Crippen LogP contribution is 2.15. The van der Waals surface area contributed by atoms with Gasteiger partial charge in [-0.1, -0.05) is 0 Å². The van der Waals surface area contributed by atoms with E-state index in [0.29, 0.717) is 12.5 Å². The fraction of sp³-hybridized carbons (Fsp3) is 0.625. The predicted octanol–water partition coefficient (Wildman–Crippen LogP) is 0.598. The highest BCUT2D eigenvalue weighted by Gasteiger charge is 2.15. The lowest BCUT2D eigenvalue weighted by Crippen LogP contribution is -2.45. The molecule has 24 heavy (non-hydrogen) atoms. The number of nitrogens with two attached hydrogens (primary N) is 1. The summed E-state index contributed by atoms with van der Waals surface area (Å²) in [6.45, 7) is 7.86.